The van der Waals surface area contributed by atoms with Crippen molar-refractivity contribution in [3.8, 4) is 5.75 Å². The molecule has 2 rings (SSSR count). The molecule has 0 unspecified atom stereocenters. The van der Waals surface area contributed by atoms with Crippen molar-refractivity contribution in [2.45, 2.75) is 6.92 Å². The molecule has 6 heteroatoms. The van der Waals surface area contributed by atoms with Gasteiger partial charge in [-0.25, -0.2) is 0 Å². The van der Waals surface area contributed by atoms with Crippen molar-refractivity contribution in [2.24, 2.45) is 0 Å². The number of ether oxygens (including phenoxy) is 1. The van der Waals surface area contributed by atoms with Crippen LogP contribution < -0.4 is 15.0 Å². The van der Waals surface area contributed by atoms with Crippen LogP contribution in [0.25, 0.3) is 0 Å². The van der Waals surface area contributed by atoms with Crippen LogP contribution in [0.5, 0.6) is 5.75 Å². The van der Waals surface area contributed by atoms with E-state index in [2.05, 4.69) is 5.32 Å². The van der Waals surface area contributed by atoms with E-state index in [-0.39, 0.29) is 11.8 Å². The lowest BCUT2D eigenvalue weighted by molar-refractivity contribution is -0.116. The molecule has 2 aromatic rings. The van der Waals surface area contributed by atoms with Gasteiger partial charge in [-0.05, 0) is 30.3 Å². The second-order valence-corrected chi connectivity index (χ2v) is 5.52. The first-order valence-electron chi connectivity index (χ1n) is 7.48. The van der Waals surface area contributed by atoms with Crippen molar-refractivity contribution in [1.82, 2.24) is 5.32 Å². The quantitative estimate of drug-likeness (QED) is 0.874. The zero-order valence-corrected chi connectivity index (χ0v) is 14.3. The SMILES string of the molecule is COc1cccc(C(=O)NCCN(C(C)=O)c2ccccc2Cl)c1. The minimum absolute atomic E-state index is 0.140. The molecule has 2 aromatic carbocycles. The number of anilines is 1. The van der Waals surface area contributed by atoms with Crippen molar-refractivity contribution in [2.75, 3.05) is 25.1 Å². The third kappa shape index (κ3) is 4.49. The van der Waals surface area contributed by atoms with E-state index in [9.17, 15) is 9.59 Å². The Kier molecular flexibility index (Phi) is 6.21. The molecule has 0 saturated heterocycles. The molecule has 0 saturated carbocycles. The molecule has 0 aliphatic carbocycles. The topological polar surface area (TPSA) is 58.6 Å². The number of amides is 2. The van der Waals surface area contributed by atoms with Gasteiger partial charge in [0.1, 0.15) is 5.75 Å². The highest BCUT2D eigenvalue weighted by molar-refractivity contribution is 6.33. The molecule has 0 bridgehead atoms. The maximum atomic E-state index is 12.2. The van der Waals surface area contributed by atoms with Crippen molar-refractivity contribution in [3.05, 3.63) is 59.1 Å². The summed E-state index contributed by atoms with van der Waals surface area (Å²) in [7, 11) is 1.55. The van der Waals surface area contributed by atoms with E-state index in [1.807, 2.05) is 6.07 Å². The molecule has 5 nitrogen and oxygen atoms in total. The lowest BCUT2D eigenvalue weighted by Gasteiger charge is -2.22. The molecule has 0 radical (unpaired) electrons. The number of carbonyl (C=O) groups excluding carboxylic acids is 2. The zero-order chi connectivity index (χ0) is 17.5. The predicted octanol–water partition coefficient (Wildman–Crippen LogP) is 3.13. The molecule has 0 aliphatic heterocycles. The van der Waals surface area contributed by atoms with Crippen LogP contribution in [0.1, 0.15) is 17.3 Å². The van der Waals surface area contributed by atoms with E-state index in [1.54, 1.807) is 49.6 Å². The summed E-state index contributed by atoms with van der Waals surface area (Å²) in [5.41, 5.74) is 1.13. The number of hydrogen-bond acceptors (Lipinski definition) is 3. The van der Waals surface area contributed by atoms with E-state index in [4.69, 9.17) is 16.3 Å². The summed E-state index contributed by atoms with van der Waals surface area (Å²) in [6.45, 7) is 2.10. The molecular formula is C18H19ClN2O3. The largest absolute Gasteiger partial charge is 0.497 e. The first kappa shape index (κ1) is 17.8. The molecule has 0 fully saturated rings. The summed E-state index contributed by atoms with van der Waals surface area (Å²) >= 11 is 6.14. The summed E-state index contributed by atoms with van der Waals surface area (Å²) in [5, 5.41) is 3.29. The van der Waals surface area contributed by atoms with Crippen LogP contribution in [-0.2, 0) is 4.79 Å². The Hall–Kier alpha value is -2.53. The van der Waals surface area contributed by atoms with E-state index in [0.29, 0.717) is 35.1 Å². The number of rotatable bonds is 6. The normalized spacial score (nSPS) is 10.1. The number of nitrogens with one attached hydrogen (secondary N) is 1. The Morgan fingerprint density at radius 2 is 1.92 bits per heavy atom. The fraction of sp³-hybridized carbons (Fsp3) is 0.222. The molecule has 24 heavy (non-hydrogen) atoms. The highest BCUT2D eigenvalue weighted by Crippen LogP contribution is 2.25. The van der Waals surface area contributed by atoms with E-state index in [0.717, 1.165) is 0 Å². The van der Waals surface area contributed by atoms with Gasteiger partial charge in [-0.3, -0.25) is 9.59 Å². The summed E-state index contributed by atoms with van der Waals surface area (Å²) in [4.78, 5) is 25.6. The maximum absolute atomic E-state index is 12.2. The molecule has 0 atom stereocenters. The Morgan fingerprint density at radius 3 is 2.58 bits per heavy atom. The van der Waals surface area contributed by atoms with E-state index in [1.165, 1.54) is 11.8 Å². The number of para-hydroxylation sites is 1. The van der Waals surface area contributed by atoms with Gasteiger partial charge < -0.3 is 15.0 Å². The molecular weight excluding hydrogens is 328 g/mol. The van der Waals surface area contributed by atoms with Crippen LogP contribution in [0.3, 0.4) is 0 Å². The van der Waals surface area contributed by atoms with Gasteiger partial charge in [0, 0.05) is 25.6 Å². The molecule has 1 N–H and O–H groups in total. The van der Waals surface area contributed by atoms with Gasteiger partial charge >= 0.3 is 0 Å². The lowest BCUT2D eigenvalue weighted by atomic mass is 10.2. The highest BCUT2D eigenvalue weighted by atomic mass is 35.5. The number of halogens is 1. The smallest absolute Gasteiger partial charge is 0.251 e. The number of carbonyl (C=O) groups is 2. The van der Waals surface area contributed by atoms with Gasteiger partial charge in [-0.15, -0.1) is 0 Å². The summed E-state index contributed by atoms with van der Waals surface area (Å²) in [6, 6.07) is 14.0. The monoisotopic (exact) mass is 346 g/mol. The second-order valence-electron chi connectivity index (χ2n) is 5.11. The van der Waals surface area contributed by atoms with Gasteiger partial charge in [0.2, 0.25) is 5.91 Å². The Balaban J connectivity index is 1.99. The van der Waals surface area contributed by atoms with Crippen LogP contribution in [0.2, 0.25) is 5.02 Å². The zero-order valence-electron chi connectivity index (χ0n) is 13.6. The number of hydrogen-bond donors (Lipinski definition) is 1. The van der Waals surface area contributed by atoms with Crippen LogP contribution in [0.15, 0.2) is 48.5 Å². The van der Waals surface area contributed by atoms with Gasteiger partial charge in [-0.2, -0.15) is 0 Å². The minimum Gasteiger partial charge on any atom is -0.497 e. The fourth-order valence-corrected chi connectivity index (χ4v) is 2.50. The third-order valence-corrected chi connectivity index (χ3v) is 3.80. The van der Waals surface area contributed by atoms with Crippen molar-refractivity contribution >= 4 is 29.1 Å². The standard InChI is InChI=1S/C18H19ClN2O3/c1-13(22)21(17-9-4-3-8-16(17)19)11-10-20-18(23)14-6-5-7-15(12-14)24-2/h3-9,12H,10-11H2,1-2H3,(H,20,23). The van der Waals surface area contributed by atoms with Crippen molar-refractivity contribution < 1.29 is 14.3 Å². The van der Waals surface area contributed by atoms with Crippen LogP contribution in [-0.4, -0.2) is 32.0 Å². The van der Waals surface area contributed by atoms with Gasteiger partial charge in [0.25, 0.3) is 5.91 Å². The van der Waals surface area contributed by atoms with Crippen LogP contribution in [0, 0.1) is 0 Å². The van der Waals surface area contributed by atoms with E-state index < -0.39 is 0 Å². The third-order valence-electron chi connectivity index (χ3n) is 3.48. The van der Waals surface area contributed by atoms with Crippen LogP contribution in [0.4, 0.5) is 5.69 Å². The summed E-state index contributed by atoms with van der Waals surface area (Å²) in [5.74, 6) is 0.249. The molecule has 2 amide bonds. The summed E-state index contributed by atoms with van der Waals surface area (Å²) < 4.78 is 5.10. The molecule has 0 aliphatic rings. The van der Waals surface area contributed by atoms with Crippen molar-refractivity contribution in [3.63, 3.8) is 0 Å². The number of benzene rings is 2. The van der Waals surface area contributed by atoms with E-state index >= 15 is 0 Å². The average Bonchev–Trinajstić information content (AvgIpc) is 2.59. The molecule has 126 valence electrons. The first-order valence-corrected chi connectivity index (χ1v) is 7.85. The first-order chi connectivity index (χ1) is 11.5. The highest BCUT2D eigenvalue weighted by Gasteiger charge is 2.14. The fourth-order valence-electron chi connectivity index (χ4n) is 2.27. The van der Waals surface area contributed by atoms with Crippen molar-refractivity contribution in [1.29, 1.82) is 0 Å². The van der Waals surface area contributed by atoms with Gasteiger partial charge in [0.15, 0.2) is 0 Å². The minimum atomic E-state index is -0.225. The number of nitrogens with zero attached hydrogens (tertiary/aromatic N) is 1. The lowest BCUT2D eigenvalue weighted by Crippen LogP contribution is -2.37. The van der Waals surface area contributed by atoms with Gasteiger partial charge in [0.05, 0.1) is 17.8 Å². The second kappa shape index (κ2) is 8.36. The molecule has 0 aromatic heterocycles. The Morgan fingerprint density at radius 1 is 1.17 bits per heavy atom. The van der Waals surface area contributed by atoms with Crippen LogP contribution >= 0.6 is 11.6 Å². The predicted molar refractivity (Wildman–Crippen MR) is 94.8 cm³/mol. The molecule has 0 heterocycles. The Bertz CT molecular complexity index is 734. The average molecular weight is 347 g/mol. The summed E-state index contributed by atoms with van der Waals surface area (Å²) in [6.07, 6.45) is 0. The van der Waals surface area contributed by atoms with Gasteiger partial charge in [-0.1, -0.05) is 29.8 Å². The number of methoxy groups -OCH3 is 1. The Labute approximate surface area is 146 Å². The molecule has 0 spiro atoms. The maximum Gasteiger partial charge on any atom is 0.251 e.